The van der Waals surface area contributed by atoms with E-state index in [1.807, 2.05) is 12.1 Å². The number of likely N-dealkylation sites (tertiary alicyclic amines) is 1. The van der Waals surface area contributed by atoms with E-state index in [0.29, 0.717) is 19.0 Å². The zero-order valence-corrected chi connectivity index (χ0v) is 12.9. The molecule has 1 aliphatic heterocycles. The van der Waals surface area contributed by atoms with Crippen LogP contribution in [-0.4, -0.2) is 53.8 Å². The molecule has 1 amide bonds. The molecule has 21 heavy (non-hydrogen) atoms. The average Bonchev–Trinajstić information content (AvgIpc) is 2.87. The SMILES string of the molecule is CC(C)CN(C)c1ccnc(NC2CCN(C(=O)O)C2)c1. The predicted molar refractivity (Wildman–Crippen MR) is 84.0 cm³/mol. The monoisotopic (exact) mass is 292 g/mol. The molecule has 0 bridgehead atoms. The summed E-state index contributed by atoms with van der Waals surface area (Å²) in [4.78, 5) is 18.9. The summed E-state index contributed by atoms with van der Waals surface area (Å²) < 4.78 is 0. The smallest absolute Gasteiger partial charge is 0.407 e. The molecule has 1 unspecified atom stereocenters. The highest BCUT2D eigenvalue weighted by Crippen LogP contribution is 2.20. The van der Waals surface area contributed by atoms with Gasteiger partial charge in [0.05, 0.1) is 0 Å². The van der Waals surface area contributed by atoms with Crippen LogP contribution in [0.3, 0.4) is 0 Å². The fourth-order valence-electron chi connectivity index (χ4n) is 2.65. The number of anilines is 2. The van der Waals surface area contributed by atoms with Crippen molar-refractivity contribution < 1.29 is 9.90 Å². The van der Waals surface area contributed by atoms with Gasteiger partial charge in [-0.1, -0.05) is 13.8 Å². The largest absolute Gasteiger partial charge is 0.465 e. The van der Waals surface area contributed by atoms with Gasteiger partial charge in [-0.2, -0.15) is 0 Å². The molecule has 2 rings (SSSR count). The molecule has 1 saturated heterocycles. The van der Waals surface area contributed by atoms with E-state index in [2.05, 4.69) is 36.1 Å². The summed E-state index contributed by atoms with van der Waals surface area (Å²) in [6.45, 7) is 6.47. The lowest BCUT2D eigenvalue weighted by Crippen LogP contribution is -2.30. The van der Waals surface area contributed by atoms with E-state index in [1.165, 1.54) is 4.90 Å². The van der Waals surface area contributed by atoms with Gasteiger partial charge in [0.2, 0.25) is 0 Å². The molecule has 0 aliphatic carbocycles. The van der Waals surface area contributed by atoms with E-state index in [9.17, 15) is 4.79 Å². The van der Waals surface area contributed by atoms with Gasteiger partial charge < -0.3 is 20.2 Å². The molecule has 0 aromatic carbocycles. The average molecular weight is 292 g/mol. The van der Waals surface area contributed by atoms with Crippen molar-refractivity contribution in [3.05, 3.63) is 18.3 Å². The van der Waals surface area contributed by atoms with E-state index in [0.717, 1.165) is 24.5 Å². The van der Waals surface area contributed by atoms with Crippen LogP contribution in [0, 0.1) is 5.92 Å². The summed E-state index contributed by atoms with van der Waals surface area (Å²) in [5.74, 6) is 1.40. The van der Waals surface area contributed by atoms with Gasteiger partial charge in [0.25, 0.3) is 0 Å². The Kier molecular flexibility index (Phi) is 4.88. The Labute approximate surface area is 125 Å². The Hall–Kier alpha value is -1.98. The van der Waals surface area contributed by atoms with Crippen LogP contribution in [0.25, 0.3) is 0 Å². The maximum atomic E-state index is 10.9. The highest BCUT2D eigenvalue weighted by Gasteiger charge is 2.25. The van der Waals surface area contributed by atoms with Crippen molar-refractivity contribution in [2.45, 2.75) is 26.3 Å². The number of amides is 1. The molecule has 0 spiro atoms. The molecular formula is C15H24N4O2. The molecular weight excluding hydrogens is 268 g/mol. The summed E-state index contributed by atoms with van der Waals surface area (Å²) in [7, 11) is 2.07. The molecule has 6 nitrogen and oxygen atoms in total. The normalized spacial score (nSPS) is 18.1. The Morgan fingerprint density at radius 3 is 3.00 bits per heavy atom. The molecule has 1 aromatic rings. The highest BCUT2D eigenvalue weighted by atomic mass is 16.4. The van der Waals surface area contributed by atoms with Crippen LogP contribution in [-0.2, 0) is 0 Å². The standard InChI is InChI=1S/C15H24N4O2/c1-11(2)9-18(3)13-4-6-16-14(8-13)17-12-5-7-19(10-12)15(20)21/h4,6,8,11-12H,5,7,9-10H2,1-3H3,(H,16,17)(H,20,21). The number of pyridine rings is 1. The van der Waals surface area contributed by atoms with Gasteiger partial charge in [-0.05, 0) is 18.4 Å². The number of nitrogens with zero attached hydrogens (tertiary/aromatic N) is 3. The minimum absolute atomic E-state index is 0.138. The molecule has 116 valence electrons. The number of carbonyl (C=O) groups is 1. The summed E-state index contributed by atoms with van der Waals surface area (Å²) >= 11 is 0. The fourth-order valence-corrected chi connectivity index (χ4v) is 2.65. The second kappa shape index (κ2) is 6.65. The van der Waals surface area contributed by atoms with Crippen molar-refractivity contribution in [2.24, 2.45) is 5.92 Å². The predicted octanol–water partition coefficient (Wildman–Crippen LogP) is 2.34. The first kappa shape index (κ1) is 15.4. The maximum Gasteiger partial charge on any atom is 0.407 e. The van der Waals surface area contributed by atoms with Crippen LogP contribution in [0.4, 0.5) is 16.3 Å². The summed E-state index contributed by atoms with van der Waals surface area (Å²) in [6, 6.07) is 4.15. The van der Waals surface area contributed by atoms with Gasteiger partial charge in [-0.25, -0.2) is 9.78 Å². The van der Waals surface area contributed by atoms with Crippen LogP contribution in [0.15, 0.2) is 18.3 Å². The number of rotatable bonds is 5. The quantitative estimate of drug-likeness (QED) is 0.872. The topological polar surface area (TPSA) is 68.7 Å². The van der Waals surface area contributed by atoms with E-state index >= 15 is 0 Å². The summed E-state index contributed by atoms with van der Waals surface area (Å²) in [5, 5.41) is 12.3. The molecule has 1 aromatic heterocycles. The van der Waals surface area contributed by atoms with Crippen molar-refractivity contribution in [2.75, 3.05) is 36.9 Å². The first-order chi connectivity index (χ1) is 9.95. The number of hydrogen-bond donors (Lipinski definition) is 2. The Morgan fingerprint density at radius 1 is 1.62 bits per heavy atom. The molecule has 0 saturated carbocycles. The zero-order chi connectivity index (χ0) is 15.4. The van der Waals surface area contributed by atoms with Crippen LogP contribution >= 0.6 is 0 Å². The van der Waals surface area contributed by atoms with Crippen molar-refractivity contribution in [3.8, 4) is 0 Å². The van der Waals surface area contributed by atoms with Gasteiger partial charge in [0.1, 0.15) is 5.82 Å². The lowest BCUT2D eigenvalue weighted by atomic mass is 10.2. The first-order valence-corrected chi connectivity index (χ1v) is 7.37. The van der Waals surface area contributed by atoms with Gasteiger partial charge in [0.15, 0.2) is 0 Å². The fraction of sp³-hybridized carbons (Fsp3) is 0.600. The second-order valence-corrected chi connectivity index (χ2v) is 6.03. The second-order valence-electron chi connectivity index (χ2n) is 6.03. The van der Waals surface area contributed by atoms with Crippen LogP contribution < -0.4 is 10.2 Å². The van der Waals surface area contributed by atoms with E-state index < -0.39 is 6.09 Å². The number of aromatic nitrogens is 1. The molecule has 1 aliphatic rings. The molecule has 2 N–H and O–H groups in total. The molecule has 1 fully saturated rings. The van der Waals surface area contributed by atoms with Crippen molar-refractivity contribution in [3.63, 3.8) is 0 Å². The first-order valence-electron chi connectivity index (χ1n) is 7.37. The van der Waals surface area contributed by atoms with Gasteiger partial charge in [-0.15, -0.1) is 0 Å². The van der Waals surface area contributed by atoms with Crippen molar-refractivity contribution >= 4 is 17.6 Å². The maximum absolute atomic E-state index is 10.9. The third-order valence-electron chi connectivity index (χ3n) is 3.63. The van der Waals surface area contributed by atoms with E-state index in [1.54, 1.807) is 6.20 Å². The third-order valence-corrected chi connectivity index (χ3v) is 3.63. The molecule has 0 radical (unpaired) electrons. The lowest BCUT2D eigenvalue weighted by Gasteiger charge is -2.22. The van der Waals surface area contributed by atoms with Crippen LogP contribution in [0.5, 0.6) is 0 Å². The highest BCUT2D eigenvalue weighted by molar-refractivity contribution is 5.65. The van der Waals surface area contributed by atoms with Gasteiger partial charge >= 0.3 is 6.09 Å². The molecule has 6 heteroatoms. The minimum atomic E-state index is -0.849. The van der Waals surface area contributed by atoms with Crippen LogP contribution in [0.1, 0.15) is 20.3 Å². The van der Waals surface area contributed by atoms with Crippen molar-refractivity contribution in [1.82, 2.24) is 9.88 Å². The number of carboxylic acid groups (broad SMARTS) is 1. The molecule has 1 atom stereocenters. The molecule has 2 heterocycles. The van der Waals surface area contributed by atoms with E-state index in [4.69, 9.17) is 5.11 Å². The van der Waals surface area contributed by atoms with Gasteiger partial charge in [0, 0.05) is 50.7 Å². The number of nitrogens with one attached hydrogen (secondary N) is 1. The summed E-state index contributed by atoms with van der Waals surface area (Å²) in [6.07, 6.45) is 1.76. The minimum Gasteiger partial charge on any atom is -0.465 e. The third kappa shape index (κ3) is 4.24. The lowest BCUT2D eigenvalue weighted by molar-refractivity contribution is 0.155. The summed E-state index contributed by atoms with van der Waals surface area (Å²) in [5.41, 5.74) is 1.12. The van der Waals surface area contributed by atoms with Crippen molar-refractivity contribution in [1.29, 1.82) is 0 Å². The van der Waals surface area contributed by atoms with Gasteiger partial charge in [-0.3, -0.25) is 0 Å². The van der Waals surface area contributed by atoms with E-state index in [-0.39, 0.29) is 6.04 Å². The Balaban J connectivity index is 1.97. The zero-order valence-electron chi connectivity index (χ0n) is 12.9. The van der Waals surface area contributed by atoms with Crippen LogP contribution in [0.2, 0.25) is 0 Å². The number of hydrogen-bond acceptors (Lipinski definition) is 4. The Bertz CT molecular complexity index is 492. The Morgan fingerprint density at radius 2 is 2.38 bits per heavy atom.